The van der Waals surface area contributed by atoms with Crippen LogP contribution >= 0.6 is 0 Å². The lowest BCUT2D eigenvalue weighted by atomic mass is 9.98. The molecule has 1 amide bonds. The number of nitrogens with zero attached hydrogens (tertiary/aromatic N) is 2. The summed E-state index contributed by atoms with van der Waals surface area (Å²) in [5, 5.41) is -1.16. The summed E-state index contributed by atoms with van der Waals surface area (Å²) in [7, 11) is -2.27. The predicted molar refractivity (Wildman–Crippen MR) is 82.1 cm³/mol. The van der Waals surface area contributed by atoms with E-state index in [1.165, 1.54) is 18.0 Å². The van der Waals surface area contributed by atoms with Gasteiger partial charge in [0.2, 0.25) is 15.9 Å². The molecule has 0 radical (unpaired) electrons. The van der Waals surface area contributed by atoms with Gasteiger partial charge in [-0.25, -0.2) is 12.7 Å². The smallest absolute Gasteiger partial charge is 0.311 e. The van der Waals surface area contributed by atoms with E-state index in [4.69, 9.17) is 0 Å². The molecular weight excluding hydrogens is 345 g/mol. The zero-order valence-corrected chi connectivity index (χ0v) is 13.8. The highest BCUT2D eigenvalue weighted by atomic mass is 32.2. The molecule has 9 heteroatoms. The molecule has 1 aromatic carbocycles. The Morgan fingerprint density at radius 2 is 1.96 bits per heavy atom. The summed E-state index contributed by atoms with van der Waals surface area (Å²) in [6.45, 7) is 0.583. The summed E-state index contributed by atoms with van der Waals surface area (Å²) in [6, 6.07) is 3.24. The Balaban J connectivity index is 1.94. The van der Waals surface area contributed by atoms with Crippen LogP contribution in [0.25, 0.3) is 0 Å². The summed E-state index contributed by atoms with van der Waals surface area (Å²) in [5.74, 6) is -0.556. The highest BCUT2D eigenvalue weighted by molar-refractivity contribution is 7.90. The Hall–Kier alpha value is -1.61. The molecule has 0 bridgehead atoms. The third kappa shape index (κ3) is 2.79. The number of amides is 1. The third-order valence-electron chi connectivity index (χ3n) is 4.57. The average Bonchev–Trinajstić information content (AvgIpc) is 2.78. The number of aryl methyl sites for hydroxylation is 1. The van der Waals surface area contributed by atoms with Crippen molar-refractivity contribution in [1.29, 1.82) is 0 Å². The number of hydrogen-bond acceptors (Lipinski definition) is 3. The Morgan fingerprint density at radius 1 is 1.25 bits per heavy atom. The lowest BCUT2D eigenvalue weighted by Crippen LogP contribution is -2.45. The molecule has 24 heavy (non-hydrogen) atoms. The van der Waals surface area contributed by atoms with E-state index in [0.717, 1.165) is 16.4 Å². The number of sulfonamides is 1. The molecule has 0 N–H and O–H groups in total. The molecule has 1 aromatic rings. The van der Waals surface area contributed by atoms with Gasteiger partial charge in [0, 0.05) is 25.8 Å². The fourth-order valence-electron chi connectivity index (χ4n) is 3.22. The Bertz CT molecular complexity index is 777. The van der Waals surface area contributed by atoms with Crippen LogP contribution in [0.15, 0.2) is 18.2 Å². The highest BCUT2D eigenvalue weighted by Gasteiger charge is 2.44. The quantitative estimate of drug-likeness (QED) is 0.768. The van der Waals surface area contributed by atoms with E-state index in [9.17, 15) is 26.4 Å². The summed E-state index contributed by atoms with van der Waals surface area (Å²) in [6.07, 6.45) is -3.31. The number of rotatable bonds is 1. The second kappa shape index (κ2) is 5.73. The van der Waals surface area contributed by atoms with Crippen molar-refractivity contribution in [3.05, 3.63) is 29.3 Å². The van der Waals surface area contributed by atoms with Crippen LogP contribution in [-0.4, -0.2) is 44.0 Å². The van der Waals surface area contributed by atoms with E-state index in [2.05, 4.69) is 0 Å². The van der Waals surface area contributed by atoms with Gasteiger partial charge in [0.05, 0.1) is 5.56 Å². The number of hydrogen-bond donors (Lipinski definition) is 0. The van der Waals surface area contributed by atoms with E-state index in [1.54, 1.807) is 0 Å². The van der Waals surface area contributed by atoms with Gasteiger partial charge >= 0.3 is 6.18 Å². The zero-order valence-electron chi connectivity index (χ0n) is 13.0. The van der Waals surface area contributed by atoms with E-state index < -0.39 is 32.9 Å². The maximum absolute atomic E-state index is 12.8. The van der Waals surface area contributed by atoms with Gasteiger partial charge in [-0.15, -0.1) is 0 Å². The minimum absolute atomic E-state index is 0.199. The Kier molecular flexibility index (Phi) is 4.11. The average molecular weight is 362 g/mol. The SMILES string of the molecule is CN1CCC(C(=O)N2CCCc3cc(C(F)(F)F)ccc32)S1(=O)=O. The number of alkyl halides is 3. The van der Waals surface area contributed by atoms with Gasteiger partial charge in [0.25, 0.3) is 0 Å². The van der Waals surface area contributed by atoms with Crippen molar-refractivity contribution in [2.24, 2.45) is 0 Å². The number of carbonyl (C=O) groups is 1. The standard InChI is InChI=1S/C15H17F3N2O3S/c1-19-8-6-13(24(19,22)23)14(21)20-7-2-3-10-9-11(15(16,17)18)4-5-12(10)20/h4-5,9,13H,2-3,6-8H2,1H3. The molecule has 0 aromatic heterocycles. The van der Waals surface area contributed by atoms with Gasteiger partial charge in [-0.2, -0.15) is 13.2 Å². The van der Waals surface area contributed by atoms with Gasteiger partial charge in [-0.3, -0.25) is 4.79 Å². The number of halogens is 3. The molecule has 1 unspecified atom stereocenters. The van der Waals surface area contributed by atoms with Crippen molar-refractivity contribution < 1.29 is 26.4 Å². The van der Waals surface area contributed by atoms with Crippen molar-refractivity contribution in [2.45, 2.75) is 30.7 Å². The summed E-state index contributed by atoms with van der Waals surface area (Å²) in [4.78, 5) is 14.0. The molecule has 0 saturated carbocycles. The lowest BCUT2D eigenvalue weighted by molar-refractivity contribution is -0.137. The van der Waals surface area contributed by atoms with Gasteiger partial charge in [-0.1, -0.05) is 0 Å². The van der Waals surface area contributed by atoms with Crippen molar-refractivity contribution in [1.82, 2.24) is 4.31 Å². The van der Waals surface area contributed by atoms with Crippen molar-refractivity contribution in [3.8, 4) is 0 Å². The molecule has 1 fully saturated rings. The second-order valence-electron chi connectivity index (χ2n) is 6.08. The number of carbonyl (C=O) groups excluding carboxylic acids is 1. The summed E-state index contributed by atoms with van der Waals surface area (Å²) >= 11 is 0. The summed E-state index contributed by atoms with van der Waals surface area (Å²) < 4.78 is 64.1. The Labute approximate surface area is 138 Å². The minimum atomic E-state index is -4.45. The van der Waals surface area contributed by atoms with Crippen molar-refractivity contribution in [3.63, 3.8) is 0 Å². The fourth-order valence-corrected chi connectivity index (χ4v) is 4.80. The molecule has 2 aliphatic heterocycles. The first-order valence-corrected chi connectivity index (χ1v) is 9.09. The molecular formula is C15H17F3N2O3S. The second-order valence-corrected chi connectivity index (χ2v) is 8.30. The molecule has 132 valence electrons. The molecule has 5 nitrogen and oxygen atoms in total. The molecule has 2 aliphatic rings. The Morgan fingerprint density at radius 3 is 2.54 bits per heavy atom. The van der Waals surface area contributed by atoms with Gasteiger partial charge < -0.3 is 4.90 Å². The molecule has 1 atom stereocenters. The molecule has 1 saturated heterocycles. The van der Waals surface area contributed by atoms with Crippen LogP contribution in [0.2, 0.25) is 0 Å². The van der Waals surface area contributed by atoms with Crippen LogP contribution in [0.5, 0.6) is 0 Å². The van der Waals surface area contributed by atoms with Crippen LogP contribution in [0.1, 0.15) is 24.0 Å². The third-order valence-corrected chi connectivity index (χ3v) is 6.77. The van der Waals surface area contributed by atoms with Crippen LogP contribution in [0.3, 0.4) is 0 Å². The predicted octanol–water partition coefficient (Wildman–Crippen LogP) is 2.02. The first-order chi connectivity index (χ1) is 11.1. The molecule has 3 rings (SSSR count). The largest absolute Gasteiger partial charge is 0.416 e. The van der Waals surface area contributed by atoms with E-state index in [1.807, 2.05) is 0 Å². The number of anilines is 1. The number of fused-ring (bicyclic) bond motifs is 1. The highest BCUT2D eigenvalue weighted by Crippen LogP contribution is 2.36. The van der Waals surface area contributed by atoms with Crippen LogP contribution in [0, 0.1) is 0 Å². The van der Waals surface area contributed by atoms with E-state index in [0.29, 0.717) is 30.6 Å². The minimum Gasteiger partial charge on any atom is -0.311 e. The summed E-state index contributed by atoms with van der Waals surface area (Å²) in [5.41, 5.74) is 0.0425. The zero-order chi connectivity index (χ0) is 17.7. The van der Waals surface area contributed by atoms with Gasteiger partial charge in [-0.05, 0) is 43.0 Å². The fraction of sp³-hybridized carbons (Fsp3) is 0.533. The topological polar surface area (TPSA) is 57.7 Å². The normalized spacial score (nSPS) is 24.0. The monoisotopic (exact) mass is 362 g/mol. The number of benzene rings is 1. The van der Waals surface area contributed by atoms with Crippen molar-refractivity contribution in [2.75, 3.05) is 25.0 Å². The molecule has 0 spiro atoms. The van der Waals surface area contributed by atoms with Gasteiger partial charge in [0.15, 0.2) is 5.25 Å². The maximum Gasteiger partial charge on any atom is 0.416 e. The lowest BCUT2D eigenvalue weighted by Gasteiger charge is -2.31. The first kappa shape index (κ1) is 17.2. The van der Waals surface area contributed by atoms with Crippen LogP contribution in [0.4, 0.5) is 18.9 Å². The van der Waals surface area contributed by atoms with E-state index in [-0.39, 0.29) is 13.0 Å². The van der Waals surface area contributed by atoms with Crippen LogP contribution in [-0.2, 0) is 27.4 Å². The maximum atomic E-state index is 12.8. The van der Waals surface area contributed by atoms with Crippen LogP contribution < -0.4 is 4.90 Å². The van der Waals surface area contributed by atoms with Gasteiger partial charge in [0.1, 0.15) is 0 Å². The van der Waals surface area contributed by atoms with E-state index >= 15 is 0 Å². The molecule has 0 aliphatic carbocycles. The molecule has 2 heterocycles. The first-order valence-electron chi connectivity index (χ1n) is 7.59. The van der Waals surface area contributed by atoms with Crippen molar-refractivity contribution >= 4 is 21.6 Å².